The summed E-state index contributed by atoms with van der Waals surface area (Å²) in [6.07, 6.45) is 3.48. The number of hydrogen-bond donors (Lipinski definition) is 1. The minimum Gasteiger partial charge on any atom is -0.444 e. The van der Waals surface area contributed by atoms with Crippen molar-refractivity contribution >= 4 is 30.2 Å². The zero-order valence-electron chi connectivity index (χ0n) is 19.8. The molecular weight excluding hydrogens is 395 g/mol. The van der Waals surface area contributed by atoms with E-state index in [-0.39, 0.29) is 6.09 Å². The second kappa shape index (κ2) is 8.35. The van der Waals surface area contributed by atoms with Gasteiger partial charge in [0.1, 0.15) is 5.60 Å². The zero-order valence-corrected chi connectivity index (χ0v) is 19.8. The molecule has 3 heterocycles. The van der Waals surface area contributed by atoms with E-state index in [2.05, 4.69) is 16.1 Å². The van der Waals surface area contributed by atoms with Gasteiger partial charge in [0.05, 0.1) is 22.4 Å². The summed E-state index contributed by atoms with van der Waals surface area (Å²) in [5.41, 5.74) is 0.929. The van der Waals surface area contributed by atoms with Crippen LogP contribution in [0.3, 0.4) is 0 Å². The minimum atomic E-state index is -0.955. The molecule has 0 aromatic carbocycles. The van der Waals surface area contributed by atoms with Crippen LogP contribution in [0.4, 0.5) is 10.5 Å². The SMILES string of the molecule is CC(C)(C)OC(=O)N1CCN(c2ccnn3cc(BOC(C)(C)C(C)(C)O)cc23)CC1. The van der Waals surface area contributed by atoms with Gasteiger partial charge in [0.25, 0.3) is 0 Å². The van der Waals surface area contributed by atoms with Gasteiger partial charge in [-0.15, -0.1) is 0 Å². The molecule has 0 unspecified atom stereocenters. The van der Waals surface area contributed by atoms with Crippen LogP contribution >= 0.6 is 0 Å². The summed E-state index contributed by atoms with van der Waals surface area (Å²) in [6.45, 7) is 15.6. The Morgan fingerprint density at radius 3 is 2.32 bits per heavy atom. The van der Waals surface area contributed by atoms with Gasteiger partial charge in [-0.05, 0) is 66.1 Å². The summed E-state index contributed by atoms with van der Waals surface area (Å²) in [5, 5.41) is 14.7. The van der Waals surface area contributed by atoms with Crippen molar-refractivity contribution in [3.05, 3.63) is 24.5 Å². The standard InChI is InChI=1S/C22H35BN4O4/c1-20(2,3)30-19(28)26-12-10-25(11-13-26)17-8-9-24-27-15-16(14-18(17)27)23-31-22(6,7)21(4,5)29/h8-9,14-15,23,29H,10-13H2,1-7H3. The van der Waals surface area contributed by atoms with Crippen molar-refractivity contribution in [1.29, 1.82) is 0 Å². The number of amides is 1. The highest BCUT2D eigenvalue weighted by atomic mass is 16.6. The maximum absolute atomic E-state index is 12.3. The van der Waals surface area contributed by atoms with Gasteiger partial charge in [-0.2, -0.15) is 5.10 Å². The largest absolute Gasteiger partial charge is 0.444 e. The first-order valence-corrected chi connectivity index (χ1v) is 10.8. The fourth-order valence-electron chi connectivity index (χ4n) is 3.30. The van der Waals surface area contributed by atoms with Gasteiger partial charge in [-0.3, -0.25) is 0 Å². The first kappa shape index (κ1) is 23.4. The fourth-order valence-corrected chi connectivity index (χ4v) is 3.30. The van der Waals surface area contributed by atoms with Crippen LogP contribution in [-0.4, -0.2) is 76.2 Å². The third-order valence-corrected chi connectivity index (χ3v) is 5.89. The molecule has 1 N–H and O–H groups in total. The topological polar surface area (TPSA) is 79.5 Å². The van der Waals surface area contributed by atoms with Crippen LogP contribution in [0.25, 0.3) is 5.52 Å². The predicted octanol–water partition coefficient (Wildman–Crippen LogP) is 1.93. The lowest BCUT2D eigenvalue weighted by atomic mass is 9.84. The van der Waals surface area contributed by atoms with Crippen LogP contribution in [0.15, 0.2) is 24.5 Å². The van der Waals surface area contributed by atoms with E-state index in [9.17, 15) is 9.90 Å². The third kappa shape index (κ3) is 5.51. The summed E-state index contributed by atoms with van der Waals surface area (Å²) >= 11 is 0. The molecule has 0 bridgehead atoms. The lowest BCUT2D eigenvalue weighted by Gasteiger charge is -2.37. The Labute approximate surface area is 185 Å². The highest BCUT2D eigenvalue weighted by Gasteiger charge is 2.35. The van der Waals surface area contributed by atoms with Gasteiger partial charge >= 0.3 is 13.6 Å². The van der Waals surface area contributed by atoms with E-state index in [1.54, 1.807) is 24.9 Å². The molecule has 0 atom stereocenters. The Hall–Kier alpha value is -2.26. The van der Waals surface area contributed by atoms with Crippen LogP contribution in [0.2, 0.25) is 0 Å². The molecule has 1 amide bonds. The van der Waals surface area contributed by atoms with E-state index in [0.717, 1.165) is 29.8 Å². The summed E-state index contributed by atoms with van der Waals surface area (Å²) in [7, 11) is 0.381. The normalized spacial score (nSPS) is 16.0. The smallest absolute Gasteiger partial charge is 0.410 e. The van der Waals surface area contributed by atoms with Crippen molar-refractivity contribution in [3.63, 3.8) is 0 Å². The predicted molar refractivity (Wildman–Crippen MR) is 123 cm³/mol. The number of hydrogen-bond acceptors (Lipinski definition) is 6. The molecule has 0 spiro atoms. The van der Waals surface area contributed by atoms with Gasteiger partial charge in [-0.25, -0.2) is 9.31 Å². The van der Waals surface area contributed by atoms with Crippen LogP contribution in [0, 0.1) is 0 Å². The molecule has 0 radical (unpaired) electrons. The summed E-state index contributed by atoms with van der Waals surface area (Å²) < 4.78 is 13.4. The van der Waals surface area contributed by atoms with Gasteiger partial charge in [0, 0.05) is 38.6 Å². The number of aromatic nitrogens is 2. The Balaban J connectivity index is 1.69. The van der Waals surface area contributed by atoms with E-state index in [1.807, 2.05) is 51.4 Å². The van der Waals surface area contributed by atoms with Crippen molar-refractivity contribution in [2.45, 2.75) is 65.3 Å². The molecule has 1 fully saturated rings. The number of carbonyl (C=O) groups excluding carboxylic acids is 1. The van der Waals surface area contributed by atoms with Crippen molar-refractivity contribution < 1.29 is 19.3 Å². The lowest BCUT2D eigenvalue weighted by molar-refractivity contribution is -0.0893. The van der Waals surface area contributed by atoms with E-state index in [4.69, 9.17) is 9.39 Å². The van der Waals surface area contributed by atoms with Crippen LogP contribution in [0.1, 0.15) is 48.5 Å². The van der Waals surface area contributed by atoms with Crippen molar-refractivity contribution in [3.8, 4) is 0 Å². The maximum Gasteiger partial charge on any atom is 0.410 e. The Morgan fingerprint density at radius 2 is 1.74 bits per heavy atom. The fraction of sp³-hybridized carbons (Fsp3) is 0.636. The number of aliphatic hydroxyl groups is 1. The number of anilines is 1. The van der Waals surface area contributed by atoms with Crippen LogP contribution in [-0.2, 0) is 9.39 Å². The molecule has 2 aromatic heterocycles. The summed E-state index contributed by atoms with van der Waals surface area (Å²) in [5.74, 6) is 0. The highest BCUT2D eigenvalue weighted by molar-refractivity contribution is 6.47. The lowest BCUT2D eigenvalue weighted by Crippen LogP contribution is -2.50. The van der Waals surface area contributed by atoms with Crippen LogP contribution < -0.4 is 10.4 Å². The maximum atomic E-state index is 12.3. The summed E-state index contributed by atoms with van der Waals surface area (Å²) in [6, 6.07) is 4.08. The number of nitrogens with zero attached hydrogens (tertiary/aromatic N) is 4. The average Bonchev–Trinajstić information content (AvgIpc) is 3.07. The Bertz CT molecular complexity index is 922. The molecule has 8 nitrogen and oxygen atoms in total. The molecule has 0 aliphatic carbocycles. The van der Waals surface area contributed by atoms with E-state index < -0.39 is 16.8 Å². The van der Waals surface area contributed by atoms with E-state index in [1.165, 1.54) is 0 Å². The third-order valence-electron chi connectivity index (χ3n) is 5.89. The number of ether oxygens (including phenoxy) is 1. The molecule has 9 heteroatoms. The average molecular weight is 430 g/mol. The monoisotopic (exact) mass is 430 g/mol. The molecule has 0 saturated carbocycles. The number of piperazine rings is 1. The first-order chi connectivity index (χ1) is 14.3. The second-order valence-electron chi connectivity index (χ2n) is 10.2. The van der Waals surface area contributed by atoms with E-state index in [0.29, 0.717) is 20.6 Å². The van der Waals surface area contributed by atoms with Gasteiger partial charge in [-0.1, -0.05) is 0 Å². The van der Waals surface area contributed by atoms with Crippen LogP contribution in [0.5, 0.6) is 0 Å². The quantitative estimate of drug-likeness (QED) is 0.731. The summed E-state index contributed by atoms with van der Waals surface area (Å²) in [4.78, 5) is 16.4. The van der Waals surface area contributed by atoms with Crippen molar-refractivity contribution in [1.82, 2.24) is 14.5 Å². The zero-order chi connectivity index (χ0) is 23.0. The number of carbonyl (C=O) groups is 1. The molecule has 1 aliphatic rings. The number of rotatable bonds is 5. The minimum absolute atomic E-state index is 0.261. The molecule has 170 valence electrons. The molecule has 1 aliphatic heterocycles. The molecule has 1 saturated heterocycles. The van der Waals surface area contributed by atoms with Crippen molar-refractivity contribution in [2.24, 2.45) is 0 Å². The number of fused-ring (bicyclic) bond motifs is 1. The Kier molecular flexibility index (Phi) is 6.31. The van der Waals surface area contributed by atoms with Gasteiger partial charge in [0.2, 0.25) is 0 Å². The van der Waals surface area contributed by atoms with E-state index >= 15 is 0 Å². The molecule has 3 rings (SSSR count). The highest BCUT2D eigenvalue weighted by Crippen LogP contribution is 2.25. The van der Waals surface area contributed by atoms with Gasteiger partial charge in [0.15, 0.2) is 0 Å². The molecule has 31 heavy (non-hydrogen) atoms. The molecule has 2 aromatic rings. The van der Waals surface area contributed by atoms with Gasteiger partial charge < -0.3 is 24.3 Å². The Morgan fingerprint density at radius 1 is 1.10 bits per heavy atom. The van der Waals surface area contributed by atoms with Crippen molar-refractivity contribution in [2.75, 3.05) is 31.1 Å². The molecular formula is C22H35BN4O4. The second-order valence-corrected chi connectivity index (χ2v) is 10.2. The first-order valence-electron chi connectivity index (χ1n) is 10.8.